The lowest BCUT2D eigenvalue weighted by Gasteiger charge is -2.19. The quantitative estimate of drug-likeness (QED) is 0.747. The molecule has 1 N–H and O–H groups in total. The Hall–Kier alpha value is -2.23. The molecule has 0 aromatic heterocycles. The highest BCUT2D eigenvalue weighted by Gasteiger charge is 2.23. The Bertz CT molecular complexity index is 1000. The molecule has 1 atom stereocenters. The molecule has 0 radical (unpaired) electrons. The molecule has 2 aromatic rings. The van der Waals surface area contributed by atoms with Crippen LogP contribution in [0.15, 0.2) is 64.4 Å². The Morgan fingerprint density at radius 3 is 2.04 bits per heavy atom. The van der Waals surface area contributed by atoms with E-state index in [0.717, 1.165) is 10.6 Å². The van der Waals surface area contributed by atoms with Gasteiger partial charge in [-0.3, -0.25) is 4.79 Å². The Labute approximate surface area is 160 Å². The van der Waals surface area contributed by atoms with Crippen LogP contribution >= 0.6 is 0 Å². The van der Waals surface area contributed by atoms with Crippen molar-refractivity contribution in [1.29, 1.82) is 0 Å². The standard InChI is InChI=1S/C18H22N2O5S2/c1-14(15-9-11-16(12-10-15)26(3,22)23)19-18(21)13-20(2)27(24,25)17-7-5-4-6-8-17/h4-12,14H,13H2,1-3H3,(H,19,21)/t14-/m1/s1. The minimum absolute atomic E-state index is 0.115. The van der Waals surface area contributed by atoms with Gasteiger partial charge in [0.25, 0.3) is 0 Å². The molecule has 9 heteroatoms. The van der Waals surface area contributed by atoms with Crippen molar-refractivity contribution in [3.05, 3.63) is 60.2 Å². The van der Waals surface area contributed by atoms with Gasteiger partial charge in [0.05, 0.1) is 22.4 Å². The fourth-order valence-corrected chi connectivity index (χ4v) is 4.21. The lowest BCUT2D eigenvalue weighted by atomic mass is 10.1. The zero-order valence-corrected chi connectivity index (χ0v) is 16.9. The molecule has 1 amide bonds. The molecular weight excluding hydrogens is 388 g/mol. The van der Waals surface area contributed by atoms with E-state index in [1.807, 2.05) is 0 Å². The van der Waals surface area contributed by atoms with Gasteiger partial charge in [0.1, 0.15) is 0 Å². The summed E-state index contributed by atoms with van der Waals surface area (Å²) in [5.41, 5.74) is 0.712. The highest BCUT2D eigenvalue weighted by atomic mass is 32.2. The summed E-state index contributed by atoms with van der Waals surface area (Å²) in [5, 5.41) is 2.71. The van der Waals surface area contributed by atoms with Crippen molar-refractivity contribution in [2.24, 2.45) is 0 Å². The van der Waals surface area contributed by atoms with Crippen LogP contribution < -0.4 is 5.32 Å². The van der Waals surface area contributed by atoms with Crippen LogP contribution in [-0.2, 0) is 24.7 Å². The summed E-state index contributed by atoms with van der Waals surface area (Å²) < 4.78 is 48.9. The van der Waals surface area contributed by atoms with E-state index in [1.165, 1.54) is 31.3 Å². The average molecular weight is 411 g/mol. The first-order chi connectivity index (χ1) is 12.5. The molecule has 0 saturated carbocycles. The second kappa shape index (κ2) is 8.20. The lowest BCUT2D eigenvalue weighted by molar-refractivity contribution is -0.121. The topological polar surface area (TPSA) is 101 Å². The predicted molar refractivity (Wildman–Crippen MR) is 102 cm³/mol. The Morgan fingerprint density at radius 1 is 0.963 bits per heavy atom. The van der Waals surface area contributed by atoms with Gasteiger partial charge in [0, 0.05) is 13.3 Å². The largest absolute Gasteiger partial charge is 0.348 e. The second-order valence-electron chi connectivity index (χ2n) is 6.20. The summed E-state index contributed by atoms with van der Waals surface area (Å²) in [6.45, 7) is 1.40. The van der Waals surface area contributed by atoms with Crippen LogP contribution in [0.5, 0.6) is 0 Å². The first kappa shape index (κ1) is 21.1. The highest BCUT2D eigenvalue weighted by molar-refractivity contribution is 7.90. The van der Waals surface area contributed by atoms with Crippen LogP contribution in [-0.4, -0.2) is 46.9 Å². The molecule has 0 fully saturated rings. The number of likely N-dealkylation sites (N-methyl/N-ethyl adjacent to an activating group) is 1. The molecule has 146 valence electrons. The smallest absolute Gasteiger partial charge is 0.243 e. The van der Waals surface area contributed by atoms with Gasteiger partial charge < -0.3 is 5.32 Å². The maximum Gasteiger partial charge on any atom is 0.243 e. The number of hydrogen-bond donors (Lipinski definition) is 1. The van der Waals surface area contributed by atoms with E-state index in [1.54, 1.807) is 37.3 Å². The molecule has 0 aliphatic heterocycles. The maximum absolute atomic E-state index is 12.4. The van der Waals surface area contributed by atoms with E-state index in [0.29, 0.717) is 5.56 Å². The van der Waals surface area contributed by atoms with Gasteiger partial charge >= 0.3 is 0 Å². The fourth-order valence-electron chi connectivity index (χ4n) is 2.43. The van der Waals surface area contributed by atoms with Crippen molar-refractivity contribution in [3.8, 4) is 0 Å². The van der Waals surface area contributed by atoms with Gasteiger partial charge in [-0.1, -0.05) is 30.3 Å². The minimum Gasteiger partial charge on any atom is -0.348 e. The van der Waals surface area contributed by atoms with Gasteiger partial charge in [-0.05, 0) is 36.8 Å². The summed E-state index contributed by atoms with van der Waals surface area (Å²) >= 11 is 0. The van der Waals surface area contributed by atoms with E-state index >= 15 is 0 Å². The van der Waals surface area contributed by atoms with E-state index in [2.05, 4.69) is 5.32 Å². The number of sulfone groups is 1. The zero-order valence-electron chi connectivity index (χ0n) is 15.3. The average Bonchev–Trinajstić information content (AvgIpc) is 2.61. The van der Waals surface area contributed by atoms with Gasteiger partial charge in [0.15, 0.2) is 9.84 Å². The molecule has 2 rings (SSSR count). The SMILES string of the molecule is C[C@@H](NC(=O)CN(C)S(=O)(=O)c1ccccc1)c1ccc(S(C)(=O)=O)cc1. The van der Waals surface area contributed by atoms with Gasteiger partial charge in [-0.2, -0.15) is 4.31 Å². The molecule has 0 saturated heterocycles. The van der Waals surface area contributed by atoms with Crippen molar-refractivity contribution in [2.75, 3.05) is 19.8 Å². The summed E-state index contributed by atoms with van der Waals surface area (Å²) in [7, 11) is -5.70. The van der Waals surface area contributed by atoms with Gasteiger partial charge in [0.2, 0.25) is 15.9 Å². The number of rotatable bonds is 7. The van der Waals surface area contributed by atoms with Crippen LogP contribution in [0.25, 0.3) is 0 Å². The van der Waals surface area contributed by atoms with Crippen molar-refractivity contribution in [1.82, 2.24) is 9.62 Å². The Kier molecular flexibility index (Phi) is 6.40. The molecule has 0 unspecified atom stereocenters. The molecule has 0 spiro atoms. The molecule has 0 bridgehead atoms. The molecule has 0 aliphatic carbocycles. The number of amides is 1. The minimum atomic E-state index is -3.75. The number of nitrogens with one attached hydrogen (secondary N) is 1. The third kappa shape index (κ3) is 5.38. The first-order valence-corrected chi connectivity index (χ1v) is 11.5. The third-order valence-corrected chi connectivity index (χ3v) is 6.95. The number of carbonyl (C=O) groups is 1. The number of sulfonamides is 1. The van der Waals surface area contributed by atoms with Crippen LogP contribution in [0.1, 0.15) is 18.5 Å². The van der Waals surface area contributed by atoms with Gasteiger partial charge in [-0.25, -0.2) is 16.8 Å². The van der Waals surface area contributed by atoms with Crippen LogP contribution in [0, 0.1) is 0 Å². The monoisotopic (exact) mass is 410 g/mol. The number of nitrogens with zero attached hydrogens (tertiary/aromatic N) is 1. The van der Waals surface area contributed by atoms with E-state index < -0.39 is 31.8 Å². The molecule has 27 heavy (non-hydrogen) atoms. The van der Waals surface area contributed by atoms with Gasteiger partial charge in [-0.15, -0.1) is 0 Å². The summed E-state index contributed by atoms with van der Waals surface area (Å²) in [4.78, 5) is 12.5. The van der Waals surface area contributed by atoms with Crippen LogP contribution in [0.3, 0.4) is 0 Å². The maximum atomic E-state index is 12.4. The molecule has 2 aromatic carbocycles. The summed E-state index contributed by atoms with van der Waals surface area (Å²) in [6, 6.07) is 13.6. The molecular formula is C18H22N2O5S2. The molecule has 0 aliphatic rings. The molecule has 7 nitrogen and oxygen atoms in total. The number of benzene rings is 2. The van der Waals surface area contributed by atoms with Crippen LogP contribution in [0.4, 0.5) is 0 Å². The third-order valence-electron chi connectivity index (χ3n) is 4.00. The highest BCUT2D eigenvalue weighted by Crippen LogP contribution is 2.17. The van der Waals surface area contributed by atoms with Crippen molar-refractivity contribution in [3.63, 3.8) is 0 Å². The molecule has 0 heterocycles. The first-order valence-electron chi connectivity index (χ1n) is 8.12. The summed E-state index contributed by atoms with van der Waals surface area (Å²) in [6.07, 6.45) is 1.12. The summed E-state index contributed by atoms with van der Waals surface area (Å²) in [5.74, 6) is -0.461. The van der Waals surface area contributed by atoms with E-state index in [-0.39, 0.29) is 16.3 Å². The Balaban J connectivity index is 2.02. The van der Waals surface area contributed by atoms with E-state index in [4.69, 9.17) is 0 Å². The predicted octanol–water partition coefficient (Wildman–Crippen LogP) is 1.59. The van der Waals surface area contributed by atoms with Crippen molar-refractivity contribution < 1.29 is 21.6 Å². The van der Waals surface area contributed by atoms with Crippen molar-refractivity contribution >= 4 is 25.8 Å². The van der Waals surface area contributed by atoms with Crippen LogP contribution in [0.2, 0.25) is 0 Å². The number of hydrogen-bond acceptors (Lipinski definition) is 5. The van der Waals surface area contributed by atoms with Crippen molar-refractivity contribution in [2.45, 2.75) is 22.8 Å². The Morgan fingerprint density at radius 2 is 1.52 bits per heavy atom. The normalized spacial score (nSPS) is 13.3. The second-order valence-corrected chi connectivity index (χ2v) is 10.3. The number of carbonyl (C=O) groups excluding carboxylic acids is 1. The zero-order chi connectivity index (χ0) is 20.2. The van der Waals surface area contributed by atoms with E-state index in [9.17, 15) is 21.6 Å². The lowest BCUT2D eigenvalue weighted by Crippen LogP contribution is -2.39. The fraction of sp³-hybridized carbons (Fsp3) is 0.278.